The van der Waals surface area contributed by atoms with Crippen molar-refractivity contribution in [1.29, 1.82) is 0 Å². The molecule has 1 saturated heterocycles. The second-order valence-corrected chi connectivity index (χ2v) is 9.84. The van der Waals surface area contributed by atoms with Gasteiger partial charge in [0.1, 0.15) is 10.7 Å². The third-order valence-corrected chi connectivity index (χ3v) is 7.33. The maximum atomic E-state index is 12.3. The van der Waals surface area contributed by atoms with Crippen LogP contribution in [0.4, 0.5) is 0 Å². The van der Waals surface area contributed by atoms with E-state index in [2.05, 4.69) is 36.3 Å². The van der Waals surface area contributed by atoms with E-state index in [4.69, 9.17) is 4.74 Å². The van der Waals surface area contributed by atoms with Gasteiger partial charge in [0.2, 0.25) is 10.0 Å². The number of nitrogens with one attached hydrogen (secondary N) is 1. The van der Waals surface area contributed by atoms with Crippen LogP contribution in [0.15, 0.2) is 29.6 Å². The van der Waals surface area contributed by atoms with Gasteiger partial charge in [-0.15, -0.1) is 11.3 Å². The Morgan fingerprint density at radius 3 is 2.57 bits per heavy atom. The van der Waals surface area contributed by atoms with Crippen molar-refractivity contribution < 1.29 is 17.9 Å². The number of hydrogen-bond donors (Lipinski definition) is 1. The van der Waals surface area contributed by atoms with Crippen LogP contribution in [0.5, 0.6) is 0 Å². The smallest absolute Gasteiger partial charge is 0.270 e. The molecule has 0 aliphatic carbocycles. The van der Waals surface area contributed by atoms with E-state index >= 15 is 0 Å². The number of carbonyl (C=O) groups is 1. The first-order chi connectivity index (χ1) is 13.4. The van der Waals surface area contributed by atoms with E-state index in [0.717, 1.165) is 10.6 Å². The summed E-state index contributed by atoms with van der Waals surface area (Å²) in [5.41, 5.74) is 2.51. The van der Waals surface area contributed by atoms with Crippen LogP contribution in [-0.2, 0) is 14.8 Å². The lowest BCUT2D eigenvalue weighted by molar-refractivity contribution is 0.0730. The Morgan fingerprint density at radius 2 is 1.93 bits per heavy atom. The van der Waals surface area contributed by atoms with E-state index in [1.807, 2.05) is 12.1 Å². The van der Waals surface area contributed by atoms with E-state index in [9.17, 15) is 13.2 Å². The zero-order chi connectivity index (χ0) is 20.1. The van der Waals surface area contributed by atoms with Crippen molar-refractivity contribution in [3.05, 3.63) is 40.9 Å². The van der Waals surface area contributed by atoms with Gasteiger partial charge < -0.3 is 10.1 Å². The number of benzene rings is 1. The van der Waals surface area contributed by atoms with Crippen molar-refractivity contribution in [3.8, 4) is 10.6 Å². The van der Waals surface area contributed by atoms with Crippen LogP contribution in [0.25, 0.3) is 10.6 Å². The molecule has 7 nitrogen and oxygen atoms in total. The van der Waals surface area contributed by atoms with Gasteiger partial charge in [0.15, 0.2) is 0 Å². The number of morpholine rings is 1. The molecule has 1 fully saturated rings. The molecular formula is C19H25N3O4S2. The van der Waals surface area contributed by atoms with E-state index in [-0.39, 0.29) is 18.2 Å². The van der Waals surface area contributed by atoms with Gasteiger partial charge >= 0.3 is 0 Å². The SMILES string of the molecule is CC(C)c1ccc(-c2nc(C(=O)NCCS(=O)(=O)N3CCOCC3)cs2)cc1. The first kappa shape index (κ1) is 20.9. The summed E-state index contributed by atoms with van der Waals surface area (Å²) in [4.78, 5) is 16.7. The zero-order valence-electron chi connectivity index (χ0n) is 16.1. The maximum absolute atomic E-state index is 12.3. The molecule has 28 heavy (non-hydrogen) atoms. The van der Waals surface area contributed by atoms with Crippen LogP contribution in [0.3, 0.4) is 0 Å². The van der Waals surface area contributed by atoms with Crippen LogP contribution < -0.4 is 5.32 Å². The van der Waals surface area contributed by atoms with Gasteiger partial charge in [-0.3, -0.25) is 4.79 Å². The van der Waals surface area contributed by atoms with Gasteiger partial charge in [-0.1, -0.05) is 38.1 Å². The number of sulfonamides is 1. The van der Waals surface area contributed by atoms with Crippen molar-refractivity contribution in [2.75, 3.05) is 38.6 Å². The first-order valence-corrected chi connectivity index (χ1v) is 11.8. The molecule has 2 aromatic rings. The molecular weight excluding hydrogens is 398 g/mol. The number of amides is 1. The molecule has 0 radical (unpaired) electrons. The third-order valence-electron chi connectivity index (χ3n) is 4.57. The number of carbonyl (C=O) groups excluding carboxylic acids is 1. The highest BCUT2D eigenvalue weighted by molar-refractivity contribution is 7.89. The van der Waals surface area contributed by atoms with Crippen molar-refractivity contribution in [1.82, 2.24) is 14.6 Å². The fourth-order valence-corrected chi connectivity index (χ4v) is 4.99. The number of nitrogens with zero attached hydrogens (tertiary/aromatic N) is 2. The number of rotatable bonds is 7. The molecule has 1 aromatic carbocycles. The summed E-state index contributed by atoms with van der Waals surface area (Å²) < 4.78 is 31.1. The summed E-state index contributed by atoms with van der Waals surface area (Å²) in [6.45, 7) is 5.87. The standard InChI is InChI=1S/C19H25N3O4S2/c1-14(2)15-3-5-16(6-4-15)19-21-17(13-27-19)18(23)20-7-12-28(24,25)22-8-10-26-11-9-22/h3-6,13-14H,7-12H2,1-2H3,(H,20,23). The summed E-state index contributed by atoms with van der Waals surface area (Å²) in [5.74, 6) is -0.0363. The molecule has 1 aliphatic rings. The predicted octanol–water partition coefficient (Wildman–Crippen LogP) is 2.33. The Morgan fingerprint density at radius 1 is 1.25 bits per heavy atom. The largest absolute Gasteiger partial charge is 0.379 e. The average Bonchev–Trinajstić information content (AvgIpc) is 3.19. The van der Waals surface area contributed by atoms with Crippen molar-refractivity contribution >= 4 is 27.3 Å². The summed E-state index contributed by atoms with van der Waals surface area (Å²) in [7, 11) is -3.39. The lowest BCUT2D eigenvalue weighted by Gasteiger charge is -2.25. The van der Waals surface area contributed by atoms with Crippen LogP contribution in [-0.4, -0.2) is 62.2 Å². The Labute approximate surface area is 169 Å². The van der Waals surface area contributed by atoms with Crippen LogP contribution in [0.2, 0.25) is 0 Å². The molecule has 0 unspecified atom stereocenters. The minimum atomic E-state index is -3.39. The molecule has 0 atom stereocenters. The van der Waals surface area contributed by atoms with Gasteiger partial charge in [-0.2, -0.15) is 4.31 Å². The minimum Gasteiger partial charge on any atom is -0.379 e. The highest BCUT2D eigenvalue weighted by Crippen LogP contribution is 2.25. The Balaban J connectivity index is 1.55. The molecule has 3 rings (SSSR count). The lowest BCUT2D eigenvalue weighted by atomic mass is 10.0. The second kappa shape index (κ2) is 9.13. The fourth-order valence-electron chi connectivity index (χ4n) is 2.86. The van der Waals surface area contributed by atoms with Gasteiger partial charge in [-0.05, 0) is 11.5 Å². The van der Waals surface area contributed by atoms with Crippen LogP contribution >= 0.6 is 11.3 Å². The van der Waals surface area contributed by atoms with E-state index in [0.29, 0.717) is 37.9 Å². The van der Waals surface area contributed by atoms with Gasteiger partial charge in [0, 0.05) is 30.6 Å². The number of thiazole rings is 1. The van der Waals surface area contributed by atoms with Gasteiger partial charge in [0.05, 0.1) is 19.0 Å². The lowest BCUT2D eigenvalue weighted by Crippen LogP contribution is -2.43. The minimum absolute atomic E-state index is 0.0501. The highest BCUT2D eigenvalue weighted by atomic mass is 32.2. The molecule has 152 valence electrons. The van der Waals surface area contributed by atoms with Crippen molar-refractivity contribution in [2.45, 2.75) is 19.8 Å². The predicted molar refractivity (Wildman–Crippen MR) is 110 cm³/mol. The molecule has 1 aromatic heterocycles. The molecule has 0 saturated carbocycles. The third kappa shape index (κ3) is 5.16. The molecule has 9 heteroatoms. The van der Waals surface area contributed by atoms with Crippen LogP contribution in [0, 0.1) is 0 Å². The highest BCUT2D eigenvalue weighted by Gasteiger charge is 2.24. The normalized spacial score (nSPS) is 15.7. The molecule has 1 amide bonds. The molecule has 0 spiro atoms. The molecule has 0 bridgehead atoms. The van der Waals surface area contributed by atoms with Crippen molar-refractivity contribution in [2.24, 2.45) is 0 Å². The Kier molecular flexibility index (Phi) is 6.82. The second-order valence-electron chi connectivity index (χ2n) is 6.90. The first-order valence-electron chi connectivity index (χ1n) is 9.26. The van der Waals surface area contributed by atoms with Crippen LogP contribution in [0.1, 0.15) is 35.8 Å². The molecule has 1 aliphatic heterocycles. The molecule has 2 heterocycles. The summed E-state index contributed by atoms with van der Waals surface area (Å²) in [6.07, 6.45) is 0. The zero-order valence-corrected chi connectivity index (χ0v) is 17.7. The van der Waals surface area contributed by atoms with Crippen molar-refractivity contribution in [3.63, 3.8) is 0 Å². The average molecular weight is 424 g/mol. The summed E-state index contributed by atoms with van der Waals surface area (Å²) in [6, 6.07) is 8.14. The number of aromatic nitrogens is 1. The molecule has 1 N–H and O–H groups in total. The maximum Gasteiger partial charge on any atom is 0.270 e. The number of ether oxygens (including phenoxy) is 1. The van der Waals surface area contributed by atoms with Gasteiger partial charge in [-0.25, -0.2) is 13.4 Å². The monoisotopic (exact) mass is 423 g/mol. The van der Waals surface area contributed by atoms with Gasteiger partial charge in [0.25, 0.3) is 5.91 Å². The topological polar surface area (TPSA) is 88.6 Å². The summed E-state index contributed by atoms with van der Waals surface area (Å²) in [5, 5.41) is 5.11. The van der Waals surface area contributed by atoms with E-state index < -0.39 is 10.0 Å². The Hall–Kier alpha value is -1.81. The quantitative estimate of drug-likeness (QED) is 0.738. The Bertz CT molecular complexity index is 902. The fraction of sp³-hybridized carbons (Fsp3) is 0.474. The van der Waals surface area contributed by atoms with E-state index in [1.165, 1.54) is 21.2 Å². The number of hydrogen-bond acceptors (Lipinski definition) is 6. The van der Waals surface area contributed by atoms with E-state index in [1.54, 1.807) is 5.38 Å². The summed E-state index contributed by atoms with van der Waals surface area (Å²) >= 11 is 1.39.